The number of rotatable bonds is 6. The van der Waals surface area contributed by atoms with Gasteiger partial charge in [0.1, 0.15) is 4.90 Å². The average Bonchev–Trinajstić information content (AvgIpc) is 3.18. The lowest BCUT2D eigenvalue weighted by Crippen LogP contribution is -2.26. The molecule has 1 fully saturated rings. The van der Waals surface area contributed by atoms with Gasteiger partial charge in [-0.15, -0.1) is 11.8 Å². The van der Waals surface area contributed by atoms with Crippen molar-refractivity contribution in [2.45, 2.75) is 37.1 Å². The van der Waals surface area contributed by atoms with E-state index in [-0.39, 0.29) is 6.04 Å². The second-order valence-corrected chi connectivity index (χ2v) is 6.18. The molecule has 1 aliphatic rings. The molecule has 0 heterocycles. The lowest BCUT2D eigenvalue weighted by Gasteiger charge is -2.12. The standard InChI is InChI=1S/C14H18N2O2S/c1-2-3-6-11-15-13-7-4-5-8-14(13)19(17,18)16-12-9-10-12/h4-5,7-8,12,15-16H,6,9-11H2,1H3. The molecule has 0 radical (unpaired) electrons. The Bertz CT molecular complexity index is 595. The lowest BCUT2D eigenvalue weighted by molar-refractivity contribution is 0.581. The molecular weight excluding hydrogens is 260 g/mol. The highest BCUT2D eigenvalue weighted by Crippen LogP contribution is 2.25. The van der Waals surface area contributed by atoms with Gasteiger partial charge in [-0.05, 0) is 31.9 Å². The van der Waals surface area contributed by atoms with E-state index in [0.717, 1.165) is 12.8 Å². The molecule has 2 rings (SSSR count). The summed E-state index contributed by atoms with van der Waals surface area (Å²) in [4.78, 5) is 0.311. The molecule has 0 aromatic heterocycles. The van der Waals surface area contributed by atoms with Crippen LogP contribution in [-0.2, 0) is 10.0 Å². The first-order valence-corrected chi connectivity index (χ1v) is 7.86. The predicted octanol–water partition coefficient (Wildman–Crippen LogP) is 1.95. The van der Waals surface area contributed by atoms with Crippen molar-refractivity contribution in [1.29, 1.82) is 0 Å². The zero-order valence-corrected chi connectivity index (χ0v) is 11.8. The van der Waals surface area contributed by atoms with Crippen LogP contribution in [0, 0.1) is 11.8 Å². The molecule has 5 heteroatoms. The molecule has 0 unspecified atom stereocenters. The number of benzene rings is 1. The maximum absolute atomic E-state index is 12.2. The Kier molecular flexibility index (Phi) is 4.46. The molecule has 0 bridgehead atoms. The van der Waals surface area contributed by atoms with Gasteiger partial charge in [0, 0.05) is 19.0 Å². The summed E-state index contributed by atoms with van der Waals surface area (Å²) in [6.07, 6.45) is 2.56. The molecule has 19 heavy (non-hydrogen) atoms. The first-order chi connectivity index (χ1) is 9.13. The highest BCUT2D eigenvalue weighted by molar-refractivity contribution is 7.89. The molecule has 0 saturated heterocycles. The summed E-state index contributed by atoms with van der Waals surface area (Å²) in [6.45, 7) is 2.43. The van der Waals surface area contributed by atoms with Gasteiger partial charge >= 0.3 is 0 Å². The topological polar surface area (TPSA) is 58.2 Å². The first-order valence-electron chi connectivity index (χ1n) is 6.38. The molecule has 102 valence electrons. The minimum atomic E-state index is -3.42. The molecule has 0 amide bonds. The van der Waals surface area contributed by atoms with E-state index in [1.165, 1.54) is 0 Å². The van der Waals surface area contributed by atoms with E-state index in [2.05, 4.69) is 21.9 Å². The monoisotopic (exact) mass is 278 g/mol. The predicted molar refractivity (Wildman–Crippen MR) is 76.3 cm³/mol. The Hall–Kier alpha value is -1.51. The van der Waals surface area contributed by atoms with Crippen molar-refractivity contribution in [1.82, 2.24) is 4.72 Å². The quantitative estimate of drug-likeness (QED) is 0.618. The fraction of sp³-hybridized carbons (Fsp3) is 0.429. The van der Waals surface area contributed by atoms with Crippen LogP contribution in [0.5, 0.6) is 0 Å². The summed E-state index contributed by atoms with van der Waals surface area (Å²) < 4.78 is 27.1. The van der Waals surface area contributed by atoms with Crippen LogP contribution in [-0.4, -0.2) is 21.0 Å². The Labute approximate surface area is 114 Å². The van der Waals surface area contributed by atoms with Crippen LogP contribution in [0.15, 0.2) is 29.2 Å². The average molecular weight is 278 g/mol. The number of hydrogen-bond acceptors (Lipinski definition) is 3. The molecule has 4 nitrogen and oxygen atoms in total. The van der Waals surface area contributed by atoms with Gasteiger partial charge in [0.05, 0.1) is 5.69 Å². The third kappa shape index (κ3) is 3.98. The number of anilines is 1. The highest BCUT2D eigenvalue weighted by Gasteiger charge is 2.29. The van der Waals surface area contributed by atoms with Crippen molar-refractivity contribution in [3.63, 3.8) is 0 Å². The fourth-order valence-corrected chi connectivity index (χ4v) is 3.20. The third-order valence-corrected chi connectivity index (χ3v) is 4.40. The summed E-state index contributed by atoms with van der Waals surface area (Å²) in [5, 5.41) is 3.13. The summed E-state index contributed by atoms with van der Waals surface area (Å²) in [6, 6.07) is 7.07. The summed E-state index contributed by atoms with van der Waals surface area (Å²) in [5.74, 6) is 5.75. The maximum atomic E-state index is 12.2. The van der Waals surface area contributed by atoms with Crippen LogP contribution in [0.1, 0.15) is 26.2 Å². The van der Waals surface area contributed by atoms with E-state index < -0.39 is 10.0 Å². The normalized spacial score (nSPS) is 14.6. The van der Waals surface area contributed by atoms with Crippen LogP contribution in [0.2, 0.25) is 0 Å². The number of para-hydroxylation sites is 1. The van der Waals surface area contributed by atoms with Gasteiger partial charge < -0.3 is 5.32 Å². The van der Waals surface area contributed by atoms with E-state index in [1.54, 1.807) is 25.1 Å². The molecule has 1 aromatic carbocycles. The SMILES string of the molecule is CC#CCCNc1ccccc1S(=O)(=O)NC1CC1. The van der Waals surface area contributed by atoms with E-state index >= 15 is 0 Å². The summed E-state index contributed by atoms with van der Waals surface area (Å²) in [5.41, 5.74) is 0.633. The van der Waals surface area contributed by atoms with E-state index in [9.17, 15) is 8.42 Å². The molecule has 0 spiro atoms. The zero-order chi connectivity index (χ0) is 13.7. The largest absolute Gasteiger partial charge is 0.383 e. The Morgan fingerprint density at radius 2 is 2.05 bits per heavy atom. The molecule has 1 aromatic rings. The van der Waals surface area contributed by atoms with Crippen LogP contribution >= 0.6 is 0 Å². The van der Waals surface area contributed by atoms with Crippen molar-refractivity contribution in [2.24, 2.45) is 0 Å². The fourth-order valence-electron chi connectivity index (χ4n) is 1.72. The van der Waals surface area contributed by atoms with Gasteiger partial charge in [0.2, 0.25) is 10.0 Å². The Morgan fingerprint density at radius 1 is 1.32 bits per heavy atom. The van der Waals surface area contributed by atoms with Crippen molar-refractivity contribution in [3.8, 4) is 11.8 Å². The maximum Gasteiger partial charge on any atom is 0.242 e. The van der Waals surface area contributed by atoms with Gasteiger partial charge in [-0.2, -0.15) is 0 Å². The molecule has 0 atom stereocenters. The minimum absolute atomic E-state index is 0.115. The summed E-state index contributed by atoms with van der Waals surface area (Å²) in [7, 11) is -3.42. The highest BCUT2D eigenvalue weighted by atomic mass is 32.2. The van der Waals surface area contributed by atoms with Crippen LogP contribution < -0.4 is 10.0 Å². The molecule has 2 N–H and O–H groups in total. The molecule has 0 aliphatic heterocycles. The van der Waals surface area contributed by atoms with E-state index in [4.69, 9.17) is 0 Å². The van der Waals surface area contributed by atoms with E-state index in [0.29, 0.717) is 23.5 Å². The smallest absolute Gasteiger partial charge is 0.242 e. The summed E-state index contributed by atoms with van der Waals surface area (Å²) >= 11 is 0. The second-order valence-electron chi connectivity index (χ2n) is 4.50. The van der Waals surface area contributed by atoms with Gasteiger partial charge in [0.25, 0.3) is 0 Å². The Morgan fingerprint density at radius 3 is 2.74 bits per heavy atom. The minimum Gasteiger partial charge on any atom is -0.383 e. The van der Waals surface area contributed by atoms with Gasteiger partial charge in [0.15, 0.2) is 0 Å². The zero-order valence-electron chi connectivity index (χ0n) is 10.9. The van der Waals surface area contributed by atoms with Crippen LogP contribution in [0.3, 0.4) is 0 Å². The third-order valence-electron chi connectivity index (χ3n) is 2.82. The van der Waals surface area contributed by atoms with Crippen LogP contribution in [0.4, 0.5) is 5.69 Å². The number of hydrogen-bond donors (Lipinski definition) is 2. The second kappa shape index (κ2) is 6.09. The molecule has 1 saturated carbocycles. The lowest BCUT2D eigenvalue weighted by atomic mass is 10.3. The van der Waals surface area contributed by atoms with Gasteiger partial charge in [-0.3, -0.25) is 0 Å². The first kappa shape index (κ1) is 13.9. The van der Waals surface area contributed by atoms with Crippen molar-refractivity contribution >= 4 is 15.7 Å². The molecule has 1 aliphatic carbocycles. The van der Waals surface area contributed by atoms with E-state index in [1.807, 2.05) is 6.07 Å². The molecular formula is C14H18N2O2S. The van der Waals surface area contributed by atoms with Gasteiger partial charge in [-0.25, -0.2) is 13.1 Å². The van der Waals surface area contributed by atoms with Crippen molar-refractivity contribution in [3.05, 3.63) is 24.3 Å². The van der Waals surface area contributed by atoms with Crippen molar-refractivity contribution in [2.75, 3.05) is 11.9 Å². The Balaban J connectivity index is 2.12. The van der Waals surface area contributed by atoms with Crippen molar-refractivity contribution < 1.29 is 8.42 Å². The number of nitrogens with one attached hydrogen (secondary N) is 2. The van der Waals surface area contributed by atoms with Gasteiger partial charge in [-0.1, -0.05) is 12.1 Å². The van der Waals surface area contributed by atoms with Crippen LogP contribution in [0.25, 0.3) is 0 Å². The number of sulfonamides is 1.